The highest BCUT2D eigenvalue weighted by Crippen LogP contribution is 2.30. The van der Waals surface area contributed by atoms with E-state index in [4.69, 9.17) is 9.47 Å². The van der Waals surface area contributed by atoms with Gasteiger partial charge in [0.05, 0.1) is 30.3 Å². The summed E-state index contributed by atoms with van der Waals surface area (Å²) in [5.41, 5.74) is 0.747. The van der Waals surface area contributed by atoms with Crippen molar-refractivity contribution >= 4 is 11.7 Å². The molecular formula is C16H15NO6. The Morgan fingerprint density at radius 3 is 2.52 bits per heavy atom. The summed E-state index contributed by atoms with van der Waals surface area (Å²) in [5.74, 6) is 0.221. The maximum atomic E-state index is 11.5. The molecular weight excluding hydrogens is 302 g/mol. The number of para-hydroxylation sites is 1. The molecule has 120 valence electrons. The summed E-state index contributed by atoms with van der Waals surface area (Å²) >= 11 is 0. The van der Waals surface area contributed by atoms with Gasteiger partial charge in [-0.25, -0.2) is 4.79 Å². The SMILES string of the molecule is COC(=O)c1ccc(OCc2ccccc2[N+](=O)[O-])c(OC)c1. The minimum absolute atomic E-state index is 0.00504. The van der Waals surface area contributed by atoms with E-state index in [0.29, 0.717) is 22.6 Å². The average molecular weight is 317 g/mol. The van der Waals surface area contributed by atoms with Crippen LogP contribution in [0.2, 0.25) is 0 Å². The number of carbonyl (C=O) groups is 1. The number of hydrogen-bond donors (Lipinski definition) is 0. The van der Waals surface area contributed by atoms with Crippen LogP contribution in [-0.4, -0.2) is 25.1 Å². The van der Waals surface area contributed by atoms with Gasteiger partial charge in [0.25, 0.3) is 5.69 Å². The molecule has 0 bridgehead atoms. The molecule has 0 saturated heterocycles. The predicted octanol–water partition coefficient (Wildman–Crippen LogP) is 2.97. The molecule has 0 radical (unpaired) electrons. The minimum Gasteiger partial charge on any atom is -0.493 e. The third-order valence-electron chi connectivity index (χ3n) is 3.16. The smallest absolute Gasteiger partial charge is 0.337 e. The highest BCUT2D eigenvalue weighted by Gasteiger charge is 2.15. The van der Waals surface area contributed by atoms with Gasteiger partial charge in [0, 0.05) is 6.07 Å². The van der Waals surface area contributed by atoms with Crippen molar-refractivity contribution < 1.29 is 23.9 Å². The van der Waals surface area contributed by atoms with Gasteiger partial charge in [0.15, 0.2) is 11.5 Å². The van der Waals surface area contributed by atoms with Gasteiger partial charge in [-0.3, -0.25) is 10.1 Å². The lowest BCUT2D eigenvalue weighted by Gasteiger charge is -2.12. The van der Waals surface area contributed by atoms with Gasteiger partial charge in [-0.15, -0.1) is 0 Å². The van der Waals surface area contributed by atoms with E-state index in [-0.39, 0.29) is 12.3 Å². The first kappa shape index (κ1) is 16.3. The van der Waals surface area contributed by atoms with E-state index in [1.165, 1.54) is 32.4 Å². The van der Waals surface area contributed by atoms with Crippen LogP contribution in [0.25, 0.3) is 0 Å². The highest BCUT2D eigenvalue weighted by atomic mass is 16.6. The third-order valence-corrected chi connectivity index (χ3v) is 3.16. The van der Waals surface area contributed by atoms with Gasteiger partial charge >= 0.3 is 5.97 Å². The van der Waals surface area contributed by atoms with E-state index in [9.17, 15) is 14.9 Å². The molecule has 2 aromatic carbocycles. The first-order valence-corrected chi connectivity index (χ1v) is 6.68. The number of hydrogen-bond acceptors (Lipinski definition) is 6. The molecule has 0 aliphatic carbocycles. The number of nitro groups is 1. The van der Waals surface area contributed by atoms with Crippen molar-refractivity contribution in [3.05, 3.63) is 63.7 Å². The number of methoxy groups -OCH3 is 2. The summed E-state index contributed by atoms with van der Waals surface area (Å²) in [6.07, 6.45) is 0. The zero-order valence-corrected chi connectivity index (χ0v) is 12.6. The van der Waals surface area contributed by atoms with Crippen LogP contribution >= 0.6 is 0 Å². The summed E-state index contributed by atoms with van der Waals surface area (Å²) in [5, 5.41) is 11.0. The van der Waals surface area contributed by atoms with Crippen LogP contribution in [0.1, 0.15) is 15.9 Å². The number of nitro benzene ring substituents is 1. The van der Waals surface area contributed by atoms with Crippen molar-refractivity contribution in [1.82, 2.24) is 0 Å². The van der Waals surface area contributed by atoms with Crippen LogP contribution in [0, 0.1) is 10.1 Å². The molecule has 0 spiro atoms. The molecule has 0 N–H and O–H groups in total. The highest BCUT2D eigenvalue weighted by molar-refractivity contribution is 5.90. The van der Waals surface area contributed by atoms with Gasteiger partial charge in [0.1, 0.15) is 6.61 Å². The Morgan fingerprint density at radius 2 is 1.87 bits per heavy atom. The van der Waals surface area contributed by atoms with Crippen LogP contribution in [0.5, 0.6) is 11.5 Å². The normalized spacial score (nSPS) is 10.0. The van der Waals surface area contributed by atoms with Crippen LogP contribution in [0.3, 0.4) is 0 Å². The lowest BCUT2D eigenvalue weighted by molar-refractivity contribution is -0.385. The first-order chi connectivity index (χ1) is 11.1. The molecule has 0 aromatic heterocycles. The fourth-order valence-corrected chi connectivity index (χ4v) is 2.00. The molecule has 0 aliphatic rings. The Balaban J connectivity index is 2.21. The zero-order chi connectivity index (χ0) is 16.8. The fraction of sp³-hybridized carbons (Fsp3) is 0.188. The molecule has 0 heterocycles. The van der Waals surface area contributed by atoms with Crippen LogP contribution < -0.4 is 9.47 Å². The lowest BCUT2D eigenvalue weighted by Crippen LogP contribution is -2.04. The van der Waals surface area contributed by atoms with Crippen LogP contribution in [0.4, 0.5) is 5.69 Å². The van der Waals surface area contributed by atoms with Crippen LogP contribution in [0.15, 0.2) is 42.5 Å². The third kappa shape index (κ3) is 3.76. The average Bonchev–Trinajstić information content (AvgIpc) is 2.59. The largest absolute Gasteiger partial charge is 0.493 e. The number of carbonyl (C=O) groups excluding carboxylic acids is 1. The van der Waals surface area contributed by atoms with Crippen molar-refractivity contribution in [2.24, 2.45) is 0 Å². The Morgan fingerprint density at radius 1 is 1.13 bits per heavy atom. The second kappa shape index (κ2) is 7.26. The van der Waals surface area contributed by atoms with Crippen molar-refractivity contribution in [1.29, 1.82) is 0 Å². The molecule has 0 aliphatic heterocycles. The molecule has 2 rings (SSSR count). The topological polar surface area (TPSA) is 87.9 Å². The Hall–Kier alpha value is -3.09. The predicted molar refractivity (Wildman–Crippen MR) is 81.8 cm³/mol. The zero-order valence-electron chi connectivity index (χ0n) is 12.6. The second-order valence-electron chi connectivity index (χ2n) is 4.53. The van der Waals surface area contributed by atoms with E-state index in [2.05, 4.69) is 4.74 Å². The van der Waals surface area contributed by atoms with Gasteiger partial charge in [0.2, 0.25) is 0 Å². The van der Waals surface area contributed by atoms with Gasteiger partial charge in [-0.2, -0.15) is 0 Å². The number of nitrogens with zero attached hydrogens (tertiary/aromatic N) is 1. The van der Waals surface area contributed by atoms with Gasteiger partial charge in [-0.1, -0.05) is 12.1 Å². The molecule has 0 unspecified atom stereocenters. The lowest BCUT2D eigenvalue weighted by atomic mass is 10.2. The quantitative estimate of drug-likeness (QED) is 0.462. The maximum Gasteiger partial charge on any atom is 0.337 e. The molecule has 0 atom stereocenters. The maximum absolute atomic E-state index is 11.5. The molecule has 0 fully saturated rings. The Labute approximate surface area is 132 Å². The summed E-state index contributed by atoms with van der Waals surface area (Å²) in [7, 11) is 2.72. The molecule has 23 heavy (non-hydrogen) atoms. The monoisotopic (exact) mass is 317 g/mol. The number of ether oxygens (including phenoxy) is 3. The van der Waals surface area contributed by atoms with Gasteiger partial charge < -0.3 is 14.2 Å². The summed E-state index contributed by atoms with van der Waals surface area (Å²) in [6, 6.07) is 10.9. The van der Waals surface area contributed by atoms with Crippen molar-refractivity contribution in [3.8, 4) is 11.5 Å². The Kier molecular flexibility index (Phi) is 5.14. The molecule has 2 aromatic rings. The van der Waals surface area contributed by atoms with E-state index in [1.54, 1.807) is 24.3 Å². The van der Waals surface area contributed by atoms with Crippen molar-refractivity contribution in [3.63, 3.8) is 0 Å². The Bertz CT molecular complexity index is 728. The van der Waals surface area contributed by atoms with E-state index in [0.717, 1.165) is 0 Å². The molecule has 7 heteroatoms. The summed E-state index contributed by atoms with van der Waals surface area (Å²) < 4.78 is 15.4. The minimum atomic E-state index is -0.492. The second-order valence-corrected chi connectivity index (χ2v) is 4.53. The summed E-state index contributed by atoms with van der Waals surface area (Å²) in [6.45, 7) is 0.00504. The molecule has 7 nitrogen and oxygen atoms in total. The number of rotatable bonds is 6. The number of esters is 1. The summed E-state index contributed by atoms with van der Waals surface area (Å²) in [4.78, 5) is 22.0. The van der Waals surface area contributed by atoms with Crippen molar-refractivity contribution in [2.75, 3.05) is 14.2 Å². The fourth-order valence-electron chi connectivity index (χ4n) is 2.00. The van der Waals surface area contributed by atoms with E-state index in [1.807, 2.05) is 0 Å². The number of benzene rings is 2. The van der Waals surface area contributed by atoms with E-state index >= 15 is 0 Å². The standard InChI is InChI=1S/C16H15NO6/c1-21-15-9-11(16(18)22-2)7-8-14(15)23-10-12-5-3-4-6-13(12)17(19)20/h3-9H,10H2,1-2H3. The molecule has 0 amide bonds. The molecule has 0 saturated carbocycles. The van der Waals surface area contributed by atoms with Crippen LogP contribution in [-0.2, 0) is 11.3 Å². The van der Waals surface area contributed by atoms with Gasteiger partial charge in [-0.05, 0) is 24.3 Å². The van der Waals surface area contributed by atoms with E-state index < -0.39 is 10.9 Å². The first-order valence-electron chi connectivity index (χ1n) is 6.68. The van der Waals surface area contributed by atoms with Crippen molar-refractivity contribution in [2.45, 2.75) is 6.61 Å².